The second-order valence-electron chi connectivity index (χ2n) is 25.4. The number of carbonyl (C=O) groups excluding carboxylic acids is 11. The maximum atomic E-state index is 15.4. The summed E-state index contributed by atoms with van der Waals surface area (Å²) in [5.41, 5.74) is 1.45. The lowest BCUT2D eigenvalue weighted by Gasteiger charge is -2.40. The fourth-order valence-corrected chi connectivity index (χ4v) is 11.9. The van der Waals surface area contributed by atoms with E-state index in [0.717, 1.165) is 24.8 Å². The third-order valence-corrected chi connectivity index (χ3v) is 17.1. The maximum absolute atomic E-state index is 15.4. The van der Waals surface area contributed by atoms with Crippen LogP contribution >= 0.6 is 0 Å². The molecule has 0 unspecified atom stereocenters. The van der Waals surface area contributed by atoms with Gasteiger partial charge in [0.25, 0.3) is 5.91 Å². The van der Waals surface area contributed by atoms with Crippen LogP contribution in [0.5, 0.6) is 0 Å². The zero-order chi connectivity index (χ0) is 66.6. The molecule has 23 nitrogen and oxygen atoms in total. The van der Waals surface area contributed by atoms with E-state index in [1.54, 1.807) is 18.7 Å². The molecule has 11 amide bonds. The van der Waals surface area contributed by atoms with Crippen molar-refractivity contribution in [3.05, 3.63) is 71.8 Å². The highest BCUT2D eigenvalue weighted by molar-refractivity contribution is 5.99. The molecule has 2 fully saturated rings. The summed E-state index contributed by atoms with van der Waals surface area (Å²) in [7, 11) is 8.85. The van der Waals surface area contributed by atoms with Crippen molar-refractivity contribution >= 4 is 65.0 Å². The van der Waals surface area contributed by atoms with Gasteiger partial charge in [0.1, 0.15) is 54.4 Å². The molecule has 23 heteroatoms. The second kappa shape index (κ2) is 35.1. The Morgan fingerprint density at radius 2 is 1.09 bits per heavy atom. The summed E-state index contributed by atoms with van der Waals surface area (Å²) in [5.74, 6) is -6.79. The minimum absolute atomic E-state index is 0.0305. The molecule has 4 N–H and O–H groups in total. The Balaban J connectivity index is 1.62. The van der Waals surface area contributed by atoms with Gasteiger partial charge in [0.15, 0.2) is 0 Å². The number of carbonyl (C=O) groups is 11. The Morgan fingerprint density at radius 3 is 1.58 bits per heavy atom. The first-order chi connectivity index (χ1) is 42.0. The molecule has 0 spiro atoms. The first-order valence-corrected chi connectivity index (χ1v) is 31.7. The third kappa shape index (κ3) is 20.6. The van der Waals surface area contributed by atoms with E-state index in [-0.39, 0.29) is 69.4 Å². The fraction of sp³-hybridized carbons (Fsp3) is 0.652. The van der Waals surface area contributed by atoms with E-state index < -0.39 is 126 Å². The SMILES string of the molecule is CCCN(CC(=O)N(C)[C@@H](Cc1ccccc1)C(=O)N(C)[C@@H](Cc1ccccc1)C(=O)N(C)[C@@H](CC(C)C)C(=O)N1CCC[C@H]1C(=O)N(C)[C@@H](CC(C)C)C(=O)N[C@@H](C)C(=O)N(C)[C@H](C(=O)N[C@@H](CC(=O)NC)C(=O)N1CCCCC1)C(C)C)C(=O)[C@@H](C)O. The molecular weight excluding hydrogens is 1140 g/mol. The monoisotopic (exact) mass is 1240 g/mol. The van der Waals surface area contributed by atoms with Gasteiger partial charge < -0.3 is 60.3 Å². The van der Waals surface area contributed by atoms with E-state index in [1.807, 2.05) is 95.3 Å². The van der Waals surface area contributed by atoms with Crippen LogP contribution in [0.2, 0.25) is 0 Å². The van der Waals surface area contributed by atoms with Crippen LogP contribution in [-0.4, -0.2) is 239 Å². The van der Waals surface area contributed by atoms with Crippen molar-refractivity contribution in [2.75, 3.05) is 75.0 Å². The van der Waals surface area contributed by atoms with E-state index >= 15 is 14.4 Å². The lowest BCUT2D eigenvalue weighted by Crippen LogP contribution is -2.61. The standard InChI is InChI=1S/C66H103N11O12/c1-16-32-76(61(84)46(9)78)41-56(80)70(11)53(38-47-27-20-17-21-28-47)64(87)73(14)54(39-48-29-22-18-23-30-48)65(88)72(13)52(37-43(4)5)66(89)77-35-26-31-50(77)63(86)71(12)51(36-42(2)3)58(81)68-45(8)60(83)74(15)57(44(6)7)59(82)69-49(40-55(79)67-10)62(85)75-33-24-19-25-34-75/h17-18,20-23,27-30,42-46,49-54,57,78H,16,19,24-26,31-41H2,1-15H3,(H,67,79)(H,68,81)(H,69,82)/t45-,46+,49-,50-,51-,52-,53-,54-,57-/m0/s1. The third-order valence-electron chi connectivity index (χ3n) is 17.1. The Kier molecular flexibility index (Phi) is 29.2. The van der Waals surface area contributed by atoms with Crippen molar-refractivity contribution in [2.24, 2.45) is 17.8 Å². The summed E-state index contributed by atoms with van der Waals surface area (Å²) in [6.07, 6.45) is 2.57. The molecule has 0 radical (unpaired) electrons. The number of benzene rings is 2. The molecule has 89 heavy (non-hydrogen) atoms. The van der Waals surface area contributed by atoms with Gasteiger partial charge in [-0.05, 0) is 94.1 Å². The second-order valence-corrected chi connectivity index (χ2v) is 25.4. The van der Waals surface area contributed by atoms with Crippen LogP contribution < -0.4 is 16.0 Å². The molecule has 9 atom stereocenters. The van der Waals surface area contributed by atoms with Gasteiger partial charge in [-0.15, -0.1) is 0 Å². The highest BCUT2D eigenvalue weighted by atomic mass is 16.3. The largest absolute Gasteiger partial charge is 0.384 e. The lowest BCUT2D eigenvalue weighted by atomic mass is 9.97. The average molecular weight is 1240 g/mol. The molecule has 2 aliphatic heterocycles. The summed E-state index contributed by atoms with van der Waals surface area (Å²) >= 11 is 0. The van der Waals surface area contributed by atoms with Crippen LogP contribution in [0.15, 0.2) is 60.7 Å². The van der Waals surface area contributed by atoms with Crippen molar-refractivity contribution in [1.29, 1.82) is 0 Å². The molecule has 2 saturated heterocycles. The quantitative estimate of drug-likeness (QED) is 0.0849. The molecule has 0 aromatic heterocycles. The lowest BCUT2D eigenvalue weighted by molar-refractivity contribution is -0.155. The van der Waals surface area contributed by atoms with Gasteiger partial charge in [-0.3, -0.25) is 52.7 Å². The Morgan fingerprint density at radius 1 is 0.573 bits per heavy atom. The summed E-state index contributed by atoms with van der Waals surface area (Å²) in [5, 5.41) is 18.2. The Labute approximate surface area is 527 Å². The topological polar surface area (TPSA) is 270 Å². The average Bonchev–Trinajstić information content (AvgIpc) is 2.06. The number of likely N-dealkylation sites (N-methyl/N-ethyl adjacent to an activating group) is 5. The Hall–Kier alpha value is -7.43. The van der Waals surface area contributed by atoms with Crippen LogP contribution in [-0.2, 0) is 65.6 Å². The molecule has 0 aliphatic carbocycles. The van der Waals surface area contributed by atoms with Gasteiger partial charge in [-0.25, -0.2) is 0 Å². The number of hydrogen-bond acceptors (Lipinski definition) is 12. The summed E-state index contributed by atoms with van der Waals surface area (Å²) < 4.78 is 0. The maximum Gasteiger partial charge on any atom is 0.251 e. The van der Waals surface area contributed by atoms with E-state index in [0.29, 0.717) is 31.5 Å². The zero-order valence-corrected chi connectivity index (χ0v) is 55.5. The molecule has 0 bridgehead atoms. The number of likely N-dealkylation sites (tertiary alicyclic amines) is 2. The number of rotatable bonds is 31. The van der Waals surface area contributed by atoms with E-state index in [9.17, 15) is 43.5 Å². The predicted octanol–water partition coefficient (Wildman–Crippen LogP) is 3.10. The molecule has 2 aliphatic rings. The van der Waals surface area contributed by atoms with Gasteiger partial charge in [-0.2, -0.15) is 0 Å². The fourth-order valence-electron chi connectivity index (χ4n) is 11.9. The Bertz CT molecular complexity index is 2720. The highest BCUT2D eigenvalue weighted by Crippen LogP contribution is 2.27. The van der Waals surface area contributed by atoms with Gasteiger partial charge in [0.2, 0.25) is 59.1 Å². The van der Waals surface area contributed by atoms with Crippen LogP contribution in [0.4, 0.5) is 0 Å². The van der Waals surface area contributed by atoms with Gasteiger partial charge in [0.05, 0.1) is 13.0 Å². The van der Waals surface area contributed by atoms with Crippen molar-refractivity contribution in [2.45, 2.75) is 187 Å². The summed E-state index contributed by atoms with van der Waals surface area (Å²) in [4.78, 5) is 168. The van der Waals surface area contributed by atoms with Crippen molar-refractivity contribution in [3.63, 3.8) is 0 Å². The van der Waals surface area contributed by atoms with Crippen LogP contribution in [0.3, 0.4) is 0 Å². The van der Waals surface area contributed by atoms with E-state index in [4.69, 9.17) is 0 Å². The van der Waals surface area contributed by atoms with Gasteiger partial charge >= 0.3 is 0 Å². The van der Waals surface area contributed by atoms with Crippen LogP contribution in [0, 0.1) is 17.8 Å². The van der Waals surface area contributed by atoms with Crippen LogP contribution in [0.1, 0.15) is 131 Å². The van der Waals surface area contributed by atoms with E-state index in [1.165, 1.54) is 90.4 Å². The molecule has 4 rings (SSSR count). The summed E-state index contributed by atoms with van der Waals surface area (Å²) in [6.45, 7) is 16.7. The molecule has 2 aromatic rings. The predicted molar refractivity (Wildman–Crippen MR) is 339 cm³/mol. The molecule has 2 heterocycles. The normalized spacial score (nSPS) is 16.8. The smallest absolute Gasteiger partial charge is 0.251 e. The number of amides is 11. The van der Waals surface area contributed by atoms with Crippen LogP contribution in [0.25, 0.3) is 0 Å². The van der Waals surface area contributed by atoms with Crippen molar-refractivity contribution in [1.82, 2.24) is 55.1 Å². The van der Waals surface area contributed by atoms with Crippen molar-refractivity contribution < 1.29 is 57.8 Å². The van der Waals surface area contributed by atoms with E-state index in [2.05, 4.69) is 16.0 Å². The molecule has 494 valence electrons. The zero-order valence-electron chi connectivity index (χ0n) is 55.5. The first-order valence-electron chi connectivity index (χ1n) is 31.7. The molecular formula is C66H103N11O12. The number of nitrogens with one attached hydrogen (secondary N) is 3. The highest BCUT2D eigenvalue weighted by Gasteiger charge is 2.45. The number of hydrogen-bond donors (Lipinski definition) is 4. The number of aliphatic hydroxyl groups excluding tert-OH is 1. The first kappa shape index (κ1) is 74.0. The number of piperidine rings is 1. The number of aliphatic hydroxyl groups is 1. The molecule has 0 saturated carbocycles. The minimum Gasteiger partial charge on any atom is -0.384 e. The van der Waals surface area contributed by atoms with Gasteiger partial charge in [0, 0.05) is 81.3 Å². The minimum atomic E-state index is -1.36. The summed E-state index contributed by atoms with van der Waals surface area (Å²) in [6, 6.07) is 9.09. The number of nitrogens with zero attached hydrogens (tertiary/aromatic N) is 8. The molecule has 2 aromatic carbocycles. The van der Waals surface area contributed by atoms with Gasteiger partial charge in [-0.1, -0.05) is 109 Å². The van der Waals surface area contributed by atoms with Crippen molar-refractivity contribution in [3.8, 4) is 0 Å².